The van der Waals surface area contributed by atoms with Crippen molar-refractivity contribution in [3.8, 4) is 0 Å². The van der Waals surface area contributed by atoms with Crippen LogP contribution in [0.5, 0.6) is 0 Å². The molecule has 0 aromatic carbocycles. The third-order valence-corrected chi connectivity index (χ3v) is 1.96. The number of aliphatic imine (C=N–C) groups is 1. The highest BCUT2D eigenvalue weighted by molar-refractivity contribution is 6.03. The minimum Gasteiger partial charge on any atom is -0.256 e. The summed E-state index contributed by atoms with van der Waals surface area (Å²) in [5.41, 5.74) is 0.0787. The summed E-state index contributed by atoms with van der Waals surface area (Å²) in [6, 6.07) is 2.71. The molecule has 2 nitrogen and oxygen atoms in total. The second kappa shape index (κ2) is 3.65. The van der Waals surface area contributed by atoms with E-state index in [1.807, 2.05) is 0 Å². The fourth-order valence-corrected chi connectivity index (χ4v) is 1.29. The van der Waals surface area contributed by atoms with Gasteiger partial charge in [-0.25, -0.2) is 8.78 Å². The van der Waals surface area contributed by atoms with Gasteiger partial charge in [-0.15, -0.1) is 0 Å². The van der Waals surface area contributed by atoms with Crippen molar-refractivity contribution < 1.29 is 8.78 Å². The summed E-state index contributed by atoms with van der Waals surface area (Å²) in [4.78, 5) is 7.57. The van der Waals surface area contributed by atoms with E-state index in [9.17, 15) is 8.78 Å². The van der Waals surface area contributed by atoms with Crippen LogP contribution < -0.4 is 0 Å². The summed E-state index contributed by atoms with van der Waals surface area (Å²) in [5, 5.41) is 0. The maximum atomic E-state index is 13.3. The number of alkyl halides is 1. The van der Waals surface area contributed by atoms with Crippen LogP contribution in [-0.4, -0.2) is 16.9 Å². The molecular formula is C10H8F2N2. The van der Waals surface area contributed by atoms with Gasteiger partial charge in [-0.05, 0) is 12.1 Å². The normalized spacial score (nSPS) is 20.7. The molecule has 0 N–H and O–H groups in total. The van der Waals surface area contributed by atoms with Crippen LogP contribution in [0.1, 0.15) is 12.1 Å². The number of nitrogens with zero attached hydrogens (tertiary/aromatic N) is 2. The van der Waals surface area contributed by atoms with E-state index in [-0.39, 0.29) is 17.8 Å². The lowest BCUT2D eigenvalue weighted by molar-refractivity contribution is 0.423. The zero-order valence-electron chi connectivity index (χ0n) is 7.32. The molecule has 1 atom stereocenters. The van der Waals surface area contributed by atoms with E-state index in [4.69, 9.17) is 0 Å². The maximum absolute atomic E-state index is 13.3. The molecule has 2 rings (SSSR count). The van der Waals surface area contributed by atoms with Crippen molar-refractivity contribution in [2.75, 3.05) is 0 Å². The van der Waals surface area contributed by atoms with Crippen molar-refractivity contribution in [2.24, 2.45) is 4.99 Å². The van der Waals surface area contributed by atoms with Crippen LogP contribution in [0.15, 0.2) is 35.6 Å². The predicted octanol–water partition coefficient (Wildman–Crippen LogP) is 2.27. The Hall–Kier alpha value is -1.58. The van der Waals surface area contributed by atoms with Crippen molar-refractivity contribution in [2.45, 2.75) is 12.6 Å². The minimum atomic E-state index is -1.26. The predicted molar refractivity (Wildman–Crippen MR) is 49.4 cm³/mol. The van der Waals surface area contributed by atoms with Crippen LogP contribution in [0, 0.1) is 5.82 Å². The van der Waals surface area contributed by atoms with E-state index in [0.717, 1.165) is 0 Å². The van der Waals surface area contributed by atoms with Gasteiger partial charge in [0.05, 0.1) is 0 Å². The van der Waals surface area contributed by atoms with Gasteiger partial charge in [-0.2, -0.15) is 0 Å². The molecule has 0 spiro atoms. The van der Waals surface area contributed by atoms with Gasteiger partial charge >= 0.3 is 0 Å². The molecule has 0 amide bonds. The number of halogens is 2. The Balaban J connectivity index is 2.44. The molecule has 1 aromatic rings. The quantitative estimate of drug-likeness (QED) is 0.673. The molecule has 1 unspecified atom stereocenters. The Bertz CT molecular complexity index is 399. The topological polar surface area (TPSA) is 25.2 Å². The fraction of sp³-hybridized carbons (Fsp3) is 0.200. The Morgan fingerprint density at radius 3 is 3.00 bits per heavy atom. The molecule has 14 heavy (non-hydrogen) atoms. The van der Waals surface area contributed by atoms with E-state index in [2.05, 4.69) is 9.98 Å². The molecule has 2 heterocycles. The maximum Gasteiger partial charge on any atom is 0.150 e. The van der Waals surface area contributed by atoms with E-state index < -0.39 is 12.0 Å². The first kappa shape index (κ1) is 8.99. The molecule has 0 bridgehead atoms. The summed E-state index contributed by atoms with van der Waals surface area (Å²) < 4.78 is 26.5. The molecule has 4 heteroatoms. The van der Waals surface area contributed by atoms with Crippen LogP contribution in [-0.2, 0) is 0 Å². The molecule has 72 valence electrons. The second-order valence-electron chi connectivity index (χ2n) is 2.94. The first-order valence-electron chi connectivity index (χ1n) is 4.26. The SMILES string of the molecule is Fc1cccnc1C1=NC=CCC1F. The van der Waals surface area contributed by atoms with Crippen molar-refractivity contribution in [3.63, 3.8) is 0 Å². The lowest BCUT2D eigenvalue weighted by Gasteiger charge is -2.12. The average Bonchev–Trinajstić information content (AvgIpc) is 2.20. The van der Waals surface area contributed by atoms with Gasteiger partial charge in [-0.3, -0.25) is 9.98 Å². The molecule has 0 radical (unpaired) electrons. The lowest BCUT2D eigenvalue weighted by Crippen LogP contribution is -2.20. The van der Waals surface area contributed by atoms with Crippen molar-refractivity contribution in [1.29, 1.82) is 0 Å². The Morgan fingerprint density at radius 2 is 2.29 bits per heavy atom. The van der Waals surface area contributed by atoms with Crippen molar-refractivity contribution in [1.82, 2.24) is 4.98 Å². The third kappa shape index (κ3) is 1.55. The highest BCUT2D eigenvalue weighted by Gasteiger charge is 2.21. The van der Waals surface area contributed by atoms with Crippen LogP contribution in [0.4, 0.5) is 8.78 Å². The number of pyridine rings is 1. The summed E-state index contributed by atoms with van der Waals surface area (Å²) in [6.45, 7) is 0. The smallest absolute Gasteiger partial charge is 0.150 e. The number of hydrogen-bond donors (Lipinski definition) is 0. The zero-order valence-corrected chi connectivity index (χ0v) is 7.32. The summed E-state index contributed by atoms with van der Waals surface area (Å²) in [5.74, 6) is -0.538. The molecule has 0 saturated carbocycles. The minimum absolute atomic E-state index is 0.00403. The number of aromatic nitrogens is 1. The first-order valence-corrected chi connectivity index (χ1v) is 4.26. The second-order valence-corrected chi connectivity index (χ2v) is 2.94. The largest absolute Gasteiger partial charge is 0.256 e. The molecule has 0 aliphatic carbocycles. The molecular weight excluding hydrogens is 186 g/mol. The van der Waals surface area contributed by atoms with Gasteiger partial charge < -0.3 is 0 Å². The molecule has 0 saturated heterocycles. The monoisotopic (exact) mass is 194 g/mol. The van der Waals surface area contributed by atoms with Gasteiger partial charge in [0, 0.05) is 18.8 Å². The number of rotatable bonds is 1. The van der Waals surface area contributed by atoms with Crippen molar-refractivity contribution in [3.05, 3.63) is 42.1 Å². The van der Waals surface area contributed by atoms with Gasteiger partial charge in [0.2, 0.25) is 0 Å². The summed E-state index contributed by atoms with van der Waals surface area (Å²) >= 11 is 0. The van der Waals surface area contributed by atoms with Gasteiger partial charge in [0.1, 0.15) is 17.6 Å². The fourth-order valence-electron chi connectivity index (χ4n) is 1.29. The zero-order chi connectivity index (χ0) is 9.97. The summed E-state index contributed by atoms with van der Waals surface area (Å²) in [7, 11) is 0. The molecule has 1 aliphatic rings. The average molecular weight is 194 g/mol. The first-order chi connectivity index (χ1) is 6.79. The van der Waals surface area contributed by atoms with Gasteiger partial charge in [-0.1, -0.05) is 6.08 Å². The van der Waals surface area contributed by atoms with E-state index in [0.29, 0.717) is 0 Å². The Kier molecular flexibility index (Phi) is 2.35. The number of hydrogen-bond acceptors (Lipinski definition) is 2. The van der Waals surface area contributed by atoms with Crippen LogP contribution in [0.2, 0.25) is 0 Å². The number of allylic oxidation sites excluding steroid dienone is 1. The highest BCUT2D eigenvalue weighted by atomic mass is 19.1. The van der Waals surface area contributed by atoms with Crippen molar-refractivity contribution >= 4 is 5.71 Å². The molecule has 1 aromatic heterocycles. The molecule has 0 fully saturated rings. The third-order valence-electron chi connectivity index (χ3n) is 1.96. The lowest BCUT2D eigenvalue weighted by atomic mass is 10.1. The standard InChI is InChI=1S/C10H8F2N2/c11-7-3-1-5-13-9(7)10-8(12)4-2-6-14-10/h1-3,5-6,8H,4H2. The van der Waals surface area contributed by atoms with E-state index >= 15 is 0 Å². The van der Waals surface area contributed by atoms with Gasteiger partial charge in [0.15, 0.2) is 5.82 Å². The van der Waals surface area contributed by atoms with Crippen LogP contribution >= 0.6 is 0 Å². The van der Waals surface area contributed by atoms with E-state index in [1.165, 1.54) is 24.5 Å². The molecule has 1 aliphatic heterocycles. The Labute approximate surface area is 80.0 Å². The highest BCUT2D eigenvalue weighted by Crippen LogP contribution is 2.15. The van der Waals surface area contributed by atoms with Crippen LogP contribution in [0.25, 0.3) is 0 Å². The van der Waals surface area contributed by atoms with Gasteiger partial charge in [0.25, 0.3) is 0 Å². The van der Waals surface area contributed by atoms with E-state index in [1.54, 1.807) is 6.08 Å². The Morgan fingerprint density at radius 1 is 1.43 bits per heavy atom. The van der Waals surface area contributed by atoms with Crippen LogP contribution in [0.3, 0.4) is 0 Å². The summed E-state index contributed by atoms with van der Waals surface area (Å²) in [6.07, 6.45) is 3.47.